The lowest BCUT2D eigenvalue weighted by Gasteiger charge is -2.47. The van der Waals surface area contributed by atoms with Gasteiger partial charge < -0.3 is 24.4 Å². The van der Waals surface area contributed by atoms with Crippen molar-refractivity contribution in [2.45, 2.75) is 18.9 Å². The topological polar surface area (TPSA) is 81.9 Å². The summed E-state index contributed by atoms with van der Waals surface area (Å²) >= 11 is 0. The number of aromatic hydroxyl groups is 1. The Morgan fingerprint density at radius 1 is 1.18 bits per heavy atom. The number of aromatic nitrogens is 2. The Balaban J connectivity index is 1.57. The van der Waals surface area contributed by atoms with Gasteiger partial charge in [-0.25, -0.2) is 4.98 Å². The minimum absolute atomic E-state index is 0.0163. The van der Waals surface area contributed by atoms with Crippen LogP contribution in [0.2, 0.25) is 0 Å². The van der Waals surface area contributed by atoms with Crippen LogP contribution in [0.15, 0.2) is 54.9 Å². The zero-order valence-corrected chi connectivity index (χ0v) is 19.0. The predicted molar refractivity (Wildman–Crippen MR) is 125 cm³/mol. The molecular formula is C25H27N5O3. The molecule has 0 radical (unpaired) electrons. The normalized spacial score (nSPS) is 18.9. The third-order valence-corrected chi connectivity index (χ3v) is 6.81. The molecule has 1 aromatic carbocycles. The molecule has 2 aliphatic heterocycles. The number of phenolic OH excluding ortho intramolecular Hbond substituents is 1. The summed E-state index contributed by atoms with van der Waals surface area (Å²) in [4.78, 5) is 36.4. The van der Waals surface area contributed by atoms with Crippen LogP contribution in [-0.2, 0) is 10.3 Å². The van der Waals surface area contributed by atoms with E-state index in [1.165, 1.54) is 6.07 Å². The number of hydrogen-bond donors (Lipinski definition) is 1. The van der Waals surface area contributed by atoms with Gasteiger partial charge in [-0.15, -0.1) is 0 Å². The van der Waals surface area contributed by atoms with Crippen molar-refractivity contribution in [2.75, 3.05) is 38.6 Å². The van der Waals surface area contributed by atoms with Crippen LogP contribution in [0.5, 0.6) is 5.75 Å². The van der Waals surface area contributed by atoms with Gasteiger partial charge >= 0.3 is 0 Å². The smallest absolute Gasteiger partial charge is 0.254 e. The van der Waals surface area contributed by atoms with Crippen LogP contribution in [0.1, 0.15) is 28.0 Å². The maximum absolute atomic E-state index is 13.4. The van der Waals surface area contributed by atoms with Crippen LogP contribution in [0, 0.1) is 6.92 Å². The van der Waals surface area contributed by atoms with Crippen molar-refractivity contribution in [3.8, 4) is 11.6 Å². The molecule has 2 aromatic heterocycles. The van der Waals surface area contributed by atoms with Gasteiger partial charge in [0.2, 0.25) is 5.91 Å². The van der Waals surface area contributed by atoms with Gasteiger partial charge in [0.05, 0.1) is 17.9 Å². The summed E-state index contributed by atoms with van der Waals surface area (Å²) in [5, 5.41) is 10.1. The van der Waals surface area contributed by atoms with Gasteiger partial charge in [-0.3, -0.25) is 9.59 Å². The zero-order chi connectivity index (χ0) is 23.3. The number of likely N-dealkylation sites (N-methyl/N-ethyl adjacent to an activating group) is 1. The number of carbonyl (C=O) groups is 2. The molecule has 5 rings (SSSR count). The van der Waals surface area contributed by atoms with Gasteiger partial charge in [-0.1, -0.05) is 6.07 Å². The first kappa shape index (κ1) is 21.1. The Morgan fingerprint density at radius 3 is 2.76 bits per heavy atom. The summed E-state index contributed by atoms with van der Waals surface area (Å²) in [5.41, 5.74) is 2.51. The van der Waals surface area contributed by atoms with E-state index in [9.17, 15) is 14.7 Å². The number of nitrogens with zero attached hydrogens (tertiary/aromatic N) is 5. The molecule has 4 heterocycles. The minimum atomic E-state index is -0.562. The Kier molecular flexibility index (Phi) is 4.88. The van der Waals surface area contributed by atoms with E-state index in [0.29, 0.717) is 25.1 Å². The van der Waals surface area contributed by atoms with Crippen molar-refractivity contribution < 1.29 is 14.7 Å². The third kappa shape index (κ3) is 3.25. The largest absolute Gasteiger partial charge is 0.508 e. The molecule has 8 heteroatoms. The molecular weight excluding hydrogens is 418 g/mol. The van der Waals surface area contributed by atoms with Crippen LogP contribution in [0.4, 0.5) is 5.69 Å². The Morgan fingerprint density at radius 2 is 2.00 bits per heavy atom. The number of pyridine rings is 1. The SMILES string of the molecule is Cc1ccc(C(=O)N2CC[C@@]3(C2)c2cccn2-c2ncccc2N3CC(=O)N(C)C)cc1O. The molecule has 0 unspecified atom stereocenters. The number of fused-ring (bicyclic) bond motifs is 4. The van der Waals surface area contributed by atoms with Crippen molar-refractivity contribution in [3.63, 3.8) is 0 Å². The van der Waals surface area contributed by atoms with Crippen molar-refractivity contribution in [1.29, 1.82) is 0 Å². The quantitative estimate of drug-likeness (QED) is 0.670. The van der Waals surface area contributed by atoms with Crippen molar-refractivity contribution in [3.05, 3.63) is 71.7 Å². The monoisotopic (exact) mass is 445 g/mol. The number of likely N-dealkylation sites (tertiary alicyclic amines) is 1. The van der Waals surface area contributed by atoms with Gasteiger partial charge in [-0.05, 0) is 55.3 Å². The van der Waals surface area contributed by atoms with E-state index in [-0.39, 0.29) is 24.1 Å². The van der Waals surface area contributed by atoms with E-state index in [1.807, 2.05) is 29.3 Å². The molecule has 0 saturated carbocycles. The molecule has 8 nitrogen and oxygen atoms in total. The number of benzene rings is 1. The van der Waals surface area contributed by atoms with E-state index in [1.54, 1.807) is 44.2 Å². The first-order valence-electron chi connectivity index (χ1n) is 11.0. The Bertz CT molecular complexity index is 1250. The first-order valence-corrected chi connectivity index (χ1v) is 11.0. The van der Waals surface area contributed by atoms with Gasteiger partial charge in [0.1, 0.15) is 11.3 Å². The van der Waals surface area contributed by atoms with E-state index < -0.39 is 5.54 Å². The van der Waals surface area contributed by atoms with Gasteiger partial charge in [-0.2, -0.15) is 0 Å². The van der Waals surface area contributed by atoms with Crippen LogP contribution in [-0.4, -0.2) is 70.0 Å². The lowest BCUT2D eigenvalue weighted by atomic mass is 9.88. The zero-order valence-electron chi connectivity index (χ0n) is 19.0. The summed E-state index contributed by atoms with van der Waals surface area (Å²) in [6, 6.07) is 12.9. The molecule has 0 bridgehead atoms. The maximum atomic E-state index is 13.4. The van der Waals surface area contributed by atoms with Gasteiger partial charge in [0, 0.05) is 45.1 Å². The van der Waals surface area contributed by atoms with Crippen molar-refractivity contribution >= 4 is 17.5 Å². The highest BCUT2D eigenvalue weighted by Gasteiger charge is 2.51. The third-order valence-electron chi connectivity index (χ3n) is 6.81. The summed E-state index contributed by atoms with van der Waals surface area (Å²) in [5.74, 6) is 0.746. The van der Waals surface area contributed by atoms with E-state index in [2.05, 4.69) is 20.5 Å². The molecule has 1 saturated heterocycles. The van der Waals surface area contributed by atoms with E-state index in [4.69, 9.17) is 0 Å². The summed E-state index contributed by atoms with van der Waals surface area (Å²) in [7, 11) is 3.50. The maximum Gasteiger partial charge on any atom is 0.254 e. The lowest BCUT2D eigenvalue weighted by Crippen LogP contribution is -2.55. The first-order chi connectivity index (χ1) is 15.8. The second-order valence-electron chi connectivity index (χ2n) is 8.99. The fourth-order valence-electron chi connectivity index (χ4n) is 4.93. The highest BCUT2D eigenvalue weighted by atomic mass is 16.3. The highest BCUT2D eigenvalue weighted by Crippen LogP contribution is 2.47. The second-order valence-corrected chi connectivity index (χ2v) is 8.99. The average molecular weight is 446 g/mol. The van der Waals surface area contributed by atoms with Crippen LogP contribution >= 0.6 is 0 Å². The van der Waals surface area contributed by atoms with Crippen molar-refractivity contribution in [1.82, 2.24) is 19.4 Å². The molecule has 2 amide bonds. The lowest BCUT2D eigenvalue weighted by molar-refractivity contribution is -0.127. The number of anilines is 1. The molecule has 3 aromatic rings. The number of phenols is 1. The van der Waals surface area contributed by atoms with Gasteiger partial charge in [0.25, 0.3) is 5.91 Å². The Hall–Kier alpha value is -3.81. The molecule has 1 spiro atoms. The molecule has 1 atom stereocenters. The fraction of sp³-hybridized carbons (Fsp3) is 0.320. The second kappa shape index (κ2) is 7.65. The van der Waals surface area contributed by atoms with E-state index in [0.717, 1.165) is 22.8 Å². The van der Waals surface area contributed by atoms with Crippen LogP contribution in [0.25, 0.3) is 5.82 Å². The number of carbonyl (C=O) groups excluding carboxylic acids is 2. The van der Waals surface area contributed by atoms with E-state index >= 15 is 0 Å². The van der Waals surface area contributed by atoms with Gasteiger partial charge in [0.15, 0.2) is 5.82 Å². The molecule has 1 N–H and O–H groups in total. The number of hydrogen-bond acceptors (Lipinski definition) is 5. The fourth-order valence-corrected chi connectivity index (χ4v) is 4.93. The molecule has 33 heavy (non-hydrogen) atoms. The average Bonchev–Trinajstić information content (AvgIpc) is 3.47. The molecule has 2 aliphatic rings. The standard InChI is InChI=1S/C25H27N5O3/c1-17-8-9-18(14-20(17)31)24(33)28-13-10-25(16-28)21-7-5-12-29(21)23-19(6-4-11-26-23)30(25)15-22(32)27(2)3/h4-9,11-12,14,31H,10,13,15-16H2,1-3H3/t25-/m1/s1. The number of amides is 2. The number of rotatable bonds is 3. The Labute approximate surface area is 192 Å². The predicted octanol–water partition coefficient (Wildman–Crippen LogP) is 2.54. The van der Waals surface area contributed by atoms with Crippen LogP contribution in [0.3, 0.4) is 0 Å². The highest BCUT2D eigenvalue weighted by molar-refractivity contribution is 5.95. The molecule has 1 fully saturated rings. The molecule has 170 valence electrons. The summed E-state index contributed by atoms with van der Waals surface area (Å²) in [6.07, 6.45) is 4.41. The molecule has 0 aliphatic carbocycles. The van der Waals surface area contributed by atoms with Crippen LogP contribution < -0.4 is 4.90 Å². The number of aryl methyl sites for hydroxylation is 1. The summed E-state index contributed by atoms with van der Waals surface area (Å²) < 4.78 is 2.07. The summed E-state index contributed by atoms with van der Waals surface area (Å²) in [6.45, 7) is 2.96. The minimum Gasteiger partial charge on any atom is -0.508 e. The van der Waals surface area contributed by atoms with Crippen molar-refractivity contribution in [2.24, 2.45) is 0 Å².